The van der Waals surface area contributed by atoms with Gasteiger partial charge in [0.15, 0.2) is 0 Å². The Morgan fingerprint density at radius 2 is 1.90 bits per heavy atom. The lowest BCUT2D eigenvalue weighted by molar-refractivity contribution is 0.397. The molecule has 3 heteroatoms. The topological polar surface area (TPSA) is 21.3 Å². The summed E-state index contributed by atoms with van der Waals surface area (Å²) >= 11 is 0. The third-order valence-electron chi connectivity index (χ3n) is 3.43. The molecule has 2 rings (SSSR count). The van der Waals surface area contributed by atoms with Gasteiger partial charge in [-0.2, -0.15) is 0 Å². The van der Waals surface area contributed by atoms with Crippen molar-refractivity contribution < 1.29 is 9.13 Å². The van der Waals surface area contributed by atoms with E-state index in [0.29, 0.717) is 11.3 Å². The third kappa shape index (κ3) is 2.83. The highest BCUT2D eigenvalue weighted by Crippen LogP contribution is 2.33. The molecule has 0 saturated carbocycles. The summed E-state index contributed by atoms with van der Waals surface area (Å²) in [6.07, 6.45) is 0. The zero-order valence-electron chi connectivity index (χ0n) is 12.1. The molecular formula is C17H20FNO. The minimum atomic E-state index is -0.251. The number of halogens is 1. The number of hydrogen-bond acceptors (Lipinski definition) is 2. The normalized spacial score (nSPS) is 12.2. The minimum absolute atomic E-state index is 0.211. The van der Waals surface area contributed by atoms with Gasteiger partial charge in [0.1, 0.15) is 11.6 Å². The van der Waals surface area contributed by atoms with Crippen LogP contribution in [0.1, 0.15) is 29.7 Å². The Balaban J connectivity index is 2.57. The van der Waals surface area contributed by atoms with Gasteiger partial charge in [-0.3, -0.25) is 0 Å². The largest absolute Gasteiger partial charge is 0.496 e. The van der Waals surface area contributed by atoms with E-state index >= 15 is 0 Å². The molecule has 0 spiro atoms. The van der Waals surface area contributed by atoms with Gasteiger partial charge in [-0.15, -0.1) is 0 Å². The molecule has 106 valence electrons. The van der Waals surface area contributed by atoms with Gasteiger partial charge in [-0.05, 0) is 36.7 Å². The van der Waals surface area contributed by atoms with E-state index in [-0.39, 0.29) is 11.9 Å². The number of methoxy groups -OCH3 is 1. The standard InChI is InChI=1S/C17H20FNO/c1-4-19-17(13-9-6-5-8-12(13)2)16-14(18)10-7-11-15(16)20-3/h5-11,17,19H,4H2,1-3H3. The highest BCUT2D eigenvalue weighted by Gasteiger charge is 2.22. The van der Waals surface area contributed by atoms with Crippen molar-refractivity contribution in [3.8, 4) is 5.75 Å². The van der Waals surface area contributed by atoms with Crippen molar-refractivity contribution in [1.82, 2.24) is 5.32 Å². The fourth-order valence-electron chi connectivity index (χ4n) is 2.46. The van der Waals surface area contributed by atoms with Crippen LogP contribution in [0.25, 0.3) is 0 Å². The molecule has 1 atom stereocenters. The summed E-state index contributed by atoms with van der Waals surface area (Å²) < 4.78 is 19.6. The van der Waals surface area contributed by atoms with Gasteiger partial charge < -0.3 is 10.1 Å². The molecule has 1 N–H and O–H groups in total. The van der Waals surface area contributed by atoms with Crippen LogP contribution in [-0.4, -0.2) is 13.7 Å². The molecule has 0 aliphatic heterocycles. The first-order valence-corrected chi connectivity index (χ1v) is 6.80. The molecule has 0 aromatic heterocycles. The van der Waals surface area contributed by atoms with Crippen LogP contribution in [-0.2, 0) is 0 Å². The van der Waals surface area contributed by atoms with Crippen LogP contribution >= 0.6 is 0 Å². The molecule has 0 amide bonds. The molecule has 2 aromatic rings. The summed E-state index contributed by atoms with van der Waals surface area (Å²) in [4.78, 5) is 0. The summed E-state index contributed by atoms with van der Waals surface area (Å²) in [5, 5.41) is 3.35. The van der Waals surface area contributed by atoms with E-state index in [4.69, 9.17) is 4.74 Å². The van der Waals surface area contributed by atoms with Crippen LogP contribution in [0.2, 0.25) is 0 Å². The molecular weight excluding hydrogens is 253 g/mol. The SMILES string of the molecule is CCNC(c1ccccc1C)c1c(F)cccc1OC. The van der Waals surface area contributed by atoms with Crippen molar-refractivity contribution in [3.63, 3.8) is 0 Å². The van der Waals surface area contributed by atoms with Crippen LogP contribution in [0.4, 0.5) is 4.39 Å². The van der Waals surface area contributed by atoms with Crippen molar-refractivity contribution >= 4 is 0 Å². The molecule has 0 bridgehead atoms. The Bertz CT molecular complexity index is 583. The zero-order valence-corrected chi connectivity index (χ0v) is 12.1. The average Bonchev–Trinajstić information content (AvgIpc) is 2.46. The molecule has 0 saturated heterocycles. The minimum Gasteiger partial charge on any atom is -0.496 e. The maximum absolute atomic E-state index is 14.3. The van der Waals surface area contributed by atoms with Gasteiger partial charge in [0.25, 0.3) is 0 Å². The van der Waals surface area contributed by atoms with Crippen molar-refractivity contribution in [2.45, 2.75) is 19.9 Å². The van der Waals surface area contributed by atoms with Crippen LogP contribution in [0, 0.1) is 12.7 Å². The summed E-state index contributed by atoms with van der Waals surface area (Å²) in [6, 6.07) is 12.7. The first-order valence-electron chi connectivity index (χ1n) is 6.80. The first-order chi connectivity index (χ1) is 9.69. The molecule has 0 heterocycles. The molecule has 0 aliphatic rings. The van der Waals surface area contributed by atoms with E-state index in [9.17, 15) is 4.39 Å². The highest BCUT2D eigenvalue weighted by atomic mass is 19.1. The Morgan fingerprint density at radius 3 is 2.55 bits per heavy atom. The highest BCUT2D eigenvalue weighted by molar-refractivity contribution is 5.44. The number of hydrogen-bond donors (Lipinski definition) is 1. The second-order valence-electron chi connectivity index (χ2n) is 4.70. The van der Waals surface area contributed by atoms with Gasteiger partial charge in [0, 0.05) is 0 Å². The number of ether oxygens (including phenoxy) is 1. The van der Waals surface area contributed by atoms with Crippen molar-refractivity contribution in [3.05, 3.63) is 65.0 Å². The lowest BCUT2D eigenvalue weighted by Crippen LogP contribution is -2.24. The van der Waals surface area contributed by atoms with Gasteiger partial charge in [0.05, 0.1) is 18.7 Å². The molecule has 0 fully saturated rings. The lowest BCUT2D eigenvalue weighted by Gasteiger charge is -2.23. The lowest BCUT2D eigenvalue weighted by atomic mass is 9.94. The second kappa shape index (κ2) is 6.53. The summed E-state index contributed by atoms with van der Waals surface area (Å²) in [7, 11) is 1.57. The summed E-state index contributed by atoms with van der Waals surface area (Å²) in [5.74, 6) is 0.317. The van der Waals surface area contributed by atoms with Crippen LogP contribution in [0.5, 0.6) is 5.75 Å². The van der Waals surface area contributed by atoms with E-state index in [1.807, 2.05) is 38.1 Å². The predicted molar refractivity (Wildman–Crippen MR) is 79.7 cm³/mol. The first kappa shape index (κ1) is 14.5. The zero-order chi connectivity index (χ0) is 14.5. The fraction of sp³-hybridized carbons (Fsp3) is 0.294. The molecule has 1 unspecified atom stereocenters. The Kier molecular flexibility index (Phi) is 4.74. The number of benzene rings is 2. The molecule has 2 aromatic carbocycles. The fourth-order valence-corrected chi connectivity index (χ4v) is 2.46. The van der Waals surface area contributed by atoms with Crippen molar-refractivity contribution in [1.29, 1.82) is 0 Å². The van der Waals surface area contributed by atoms with Crippen LogP contribution in [0.3, 0.4) is 0 Å². The smallest absolute Gasteiger partial charge is 0.132 e. The van der Waals surface area contributed by atoms with Crippen LogP contribution < -0.4 is 10.1 Å². The Morgan fingerprint density at radius 1 is 1.15 bits per heavy atom. The quantitative estimate of drug-likeness (QED) is 0.893. The van der Waals surface area contributed by atoms with E-state index < -0.39 is 0 Å². The van der Waals surface area contributed by atoms with Crippen molar-refractivity contribution in [2.75, 3.05) is 13.7 Å². The number of rotatable bonds is 5. The van der Waals surface area contributed by atoms with E-state index in [1.165, 1.54) is 6.07 Å². The Hall–Kier alpha value is -1.87. The molecule has 20 heavy (non-hydrogen) atoms. The monoisotopic (exact) mass is 273 g/mol. The van der Waals surface area contributed by atoms with E-state index in [1.54, 1.807) is 19.2 Å². The van der Waals surface area contributed by atoms with Gasteiger partial charge in [0.2, 0.25) is 0 Å². The van der Waals surface area contributed by atoms with Crippen molar-refractivity contribution in [2.24, 2.45) is 0 Å². The maximum Gasteiger partial charge on any atom is 0.132 e. The van der Waals surface area contributed by atoms with E-state index in [0.717, 1.165) is 17.7 Å². The van der Waals surface area contributed by atoms with Gasteiger partial charge in [-0.1, -0.05) is 37.3 Å². The summed E-state index contributed by atoms with van der Waals surface area (Å²) in [6.45, 7) is 4.79. The average molecular weight is 273 g/mol. The number of aryl methyl sites for hydroxylation is 1. The third-order valence-corrected chi connectivity index (χ3v) is 3.43. The maximum atomic E-state index is 14.3. The molecule has 2 nitrogen and oxygen atoms in total. The Labute approximate surface area is 119 Å². The molecule has 0 aliphatic carbocycles. The summed E-state index contributed by atoms with van der Waals surface area (Å²) in [5.41, 5.74) is 2.76. The van der Waals surface area contributed by atoms with Gasteiger partial charge in [-0.25, -0.2) is 4.39 Å². The second-order valence-corrected chi connectivity index (χ2v) is 4.70. The molecule has 0 radical (unpaired) electrons. The number of nitrogens with one attached hydrogen (secondary N) is 1. The predicted octanol–water partition coefficient (Wildman–Crippen LogP) is 3.84. The van der Waals surface area contributed by atoms with E-state index in [2.05, 4.69) is 5.32 Å². The van der Waals surface area contributed by atoms with Gasteiger partial charge >= 0.3 is 0 Å². The van der Waals surface area contributed by atoms with Crippen LogP contribution in [0.15, 0.2) is 42.5 Å².